The third kappa shape index (κ3) is 4.64. The molecule has 1 aliphatic carbocycles. The van der Waals surface area contributed by atoms with Crippen LogP contribution in [0.1, 0.15) is 72.5 Å². The molecule has 2 amide bonds. The molecule has 1 saturated carbocycles. The molecule has 0 bridgehead atoms. The number of amides is 2. The number of fused-ring (bicyclic) bond motifs is 1. The Kier molecular flexibility index (Phi) is 6.90. The van der Waals surface area contributed by atoms with Crippen LogP contribution in [-0.2, 0) is 22.6 Å². The van der Waals surface area contributed by atoms with Crippen molar-refractivity contribution in [3.05, 3.63) is 47.3 Å². The van der Waals surface area contributed by atoms with Crippen molar-refractivity contribution in [3.8, 4) is 5.75 Å². The summed E-state index contributed by atoms with van der Waals surface area (Å²) in [7, 11) is 1.60. The third-order valence-corrected chi connectivity index (χ3v) is 6.71. The normalized spacial score (nSPS) is 20.6. The number of ether oxygens (including phenoxy) is 2. The van der Waals surface area contributed by atoms with Gasteiger partial charge in [-0.25, -0.2) is 4.79 Å². The first-order valence-electron chi connectivity index (χ1n) is 11.9. The number of methoxy groups -OCH3 is 1. The van der Waals surface area contributed by atoms with Gasteiger partial charge >= 0.3 is 5.97 Å². The van der Waals surface area contributed by atoms with Gasteiger partial charge in [-0.05, 0) is 44.4 Å². The summed E-state index contributed by atoms with van der Waals surface area (Å²) in [5.74, 6) is -0.442. The molecular weight excluding hydrogens is 436 g/mol. The van der Waals surface area contributed by atoms with E-state index in [0.29, 0.717) is 5.75 Å². The minimum absolute atomic E-state index is 0.0616. The zero-order valence-corrected chi connectivity index (χ0v) is 20.0. The second kappa shape index (κ2) is 9.87. The zero-order chi connectivity index (χ0) is 24.3. The van der Waals surface area contributed by atoms with E-state index >= 15 is 0 Å². The predicted octanol–water partition coefficient (Wildman–Crippen LogP) is 2.93. The Morgan fingerprint density at radius 3 is 2.53 bits per heavy atom. The fourth-order valence-corrected chi connectivity index (χ4v) is 4.70. The molecule has 1 aliphatic heterocycles. The number of benzene rings is 1. The van der Waals surface area contributed by atoms with E-state index in [1.165, 1.54) is 17.2 Å². The highest BCUT2D eigenvalue weighted by molar-refractivity contribution is 6.01. The molecule has 4 rings (SSSR count). The van der Waals surface area contributed by atoms with Gasteiger partial charge in [-0.2, -0.15) is 5.10 Å². The van der Waals surface area contributed by atoms with Crippen LogP contribution >= 0.6 is 0 Å². The average Bonchev–Trinajstić information content (AvgIpc) is 3.27. The third-order valence-electron chi connectivity index (χ3n) is 6.71. The lowest BCUT2D eigenvalue weighted by molar-refractivity contribution is -0.134. The maximum atomic E-state index is 13.7. The van der Waals surface area contributed by atoms with Crippen LogP contribution in [0.5, 0.6) is 5.75 Å². The lowest BCUT2D eigenvalue weighted by Crippen LogP contribution is -2.64. The van der Waals surface area contributed by atoms with E-state index in [4.69, 9.17) is 9.47 Å². The molecule has 1 atom stereocenters. The van der Waals surface area contributed by atoms with Gasteiger partial charge in [0.15, 0.2) is 5.69 Å². The van der Waals surface area contributed by atoms with Gasteiger partial charge in [0, 0.05) is 18.7 Å². The highest BCUT2D eigenvalue weighted by Gasteiger charge is 2.48. The van der Waals surface area contributed by atoms with Crippen molar-refractivity contribution in [1.82, 2.24) is 20.0 Å². The Morgan fingerprint density at radius 1 is 1.18 bits per heavy atom. The molecule has 34 heavy (non-hydrogen) atoms. The van der Waals surface area contributed by atoms with Crippen molar-refractivity contribution in [2.75, 3.05) is 13.7 Å². The molecular formula is C25H32N4O5. The van der Waals surface area contributed by atoms with Crippen LogP contribution in [0.25, 0.3) is 0 Å². The van der Waals surface area contributed by atoms with E-state index in [0.717, 1.165) is 31.2 Å². The number of hydrogen-bond acceptors (Lipinski definition) is 6. The largest absolute Gasteiger partial charge is 0.497 e. The Hall–Kier alpha value is -3.36. The molecule has 0 unspecified atom stereocenters. The summed E-state index contributed by atoms with van der Waals surface area (Å²) >= 11 is 0. The maximum Gasteiger partial charge on any atom is 0.358 e. The van der Waals surface area contributed by atoms with Crippen molar-refractivity contribution < 1.29 is 23.9 Å². The fraction of sp³-hybridized carbons (Fsp3) is 0.520. The van der Waals surface area contributed by atoms with Crippen molar-refractivity contribution in [2.45, 2.75) is 70.6 Å². The number of nitrogens with one attached hydrogen (secondary N) is 1. The van der Waals surface area contributed by atoms with Gasteiger partial charge in [-0.15, -0.1) is 0 Å². The molecule has 9 heteroatoms. The fourth-order valence-electron chi connectivity index (χ4n) is 4.70. The van der Waals surface area contributed by atoms with Crippen LogP contribution in [0.2, 0.25) is 0 Å². The smallest absolute Gasteiger partial charge is 0.358 e. The Balaban J connectivity index is 1.67. The van der Waals surface area contributed by atoms with Gasteiger partial charge in [0.1, 0.15) is 17.0 Å². The molecule has 2 aliphatic rings. The van der Waals surface area contributed by atoms with Crippen molar-refractivity contribution in [3.63, 3.8) is 0 Å². The number of carbonyl (C=O) groups is 3. The summed E-state index contributed by atoms with van der Waals surface area (Å²) in [5, 5.41) is 7.49. The molecule has 1 aromatic carbocycles. The number of hydrogen-bond donors (Lipinski definition) is 1. The summed E-state index contributed by atoms with van der Waals surface area (Å²) in [6.45, 7) is 4.06. The number of nitrogens with zero attached hydrogens (tertiary/aromatic N) is 3. The van der Waals surface area contributed by atoms with Crippen LogP contribution in [0.3, 0.4) is 0 Å². The standard InChI is InChI=1S/C25H32N4O5/c1-4-34-23(31)20-14-21-22(30)28(15-17-10-12-19(33-3)13-11-17)25(2,16-29(21)27-20)24(32)26-18-8-6-5-7-9-18/h10-14,18H,4-9,15-16H2,1-3H3,(H,26,32)/t25-/m1/s1. The molecule has 0 spiro atoms. The van der Waals surface area contributed by atoms with E-state index in [9.17, 15) is 14.4 Å². The van der Waals surface area contributed by atoms with Crippen LogP contribution in [0.4, 0.5) is 0 Å². The zero-order valence-electron chi connectivity index (χ0n) is 20.0. The average molecular weight is 469 g/mol. The minimum atomic E-state index is -1.18. The molecule has 1 fully saturated rings. The summed E-state index contributed by atoms with van der Waals surface area (Å²) in [4.78, 5) is 41.1. The Labute approximate surface area is 199 Å². The second-order valence-corrected chi connectivity index (χ2v) is 9.11. The summed E-state index contributed by atoms with van der Waals surface area (Å²) in [6, 6.07) is 8.95. The summed E-state index contributed by atoms with van der Waals surface area (Å²) in [5.41, 5.74) is 0.00910. The molecule has 1 aromatic heterocycles. The maximum absolute atomic E-state index is 13.7. The molecule has 2 heterocycles. The molecule has 1 N–H and O–H groups in total. The van der Waals surface area contributed by atoms with Gasteiger partial charge < -0.3 is 19.7 Å². The Morgan fingerprint density at radius 2 is 1.88 bits per heavy atom. The number of esters is 1. The Bertz CT molecular complexity index is 1060. The highest BCUT2D eigenvalue weighted by Crippen LogP contribution is 2.31. The van der Waals surface area contributed by atoms with Crippen molar-refractivity contribution >= 4 is 17.8 Å². The van der Waals surface area contributed by atoms with Crippen LogP contribution in [0, 0.1) is 0 Å². The highest BCUT2D eigenvalue weighted by atomic mass is 16.5. The van der Waals surface area contributed by atoms with E-state index in [1.54, 1.807) is 25.9 Å². The quantitative estimate of drug-likeness (QED) is 0.627. The van der Waals surface area contributed by atoms with Crippen LogP contribution in [-0.4, -0.2) is 57.8 Å². The van der Waals surface area contributed by atoms with Crippen LogP contribution in [0.15, 0.2) is 30.3 Å². The molecule has 0 radical (unpaired) electrons. The molecule has 182 valence electrons. The summed E-state index contributed by atoms with van der Waals surface area (Å²) in [6.07, 6.45) is 5.23. The number of rotatable bonds is 7. The first-order chi connectivity index (χ1) is 16.4. The van der Waals surface area contributed by atoms with Crippen molar-refractivity contribution in [2.24, 2.45) is 0 Å². The lowest BCUT2D eigenvalue weighted by atomic mass is 9.91. The monoisotopic (exact) mass is 468 g/mol. The van der Waals surface area contributed by atoms with Crippen LogP contribution < -0.4 is 10.1 Å². The van der Waals surface area contributed by atoms with E-state index in [2.05, 4.69) is 10.4 Å². The van der Waals surface area contributed by atoms with Gasteiger partial charge in [0.2, 0.25) is 5.91 Å². The van der Waals surface area contributed by atoms with E-state index in [-0.39, 0.29) is 48.9 Å². The first kappa shape index (κ1) is 23.8. The topological polar surface area (TPSA) is 103 Å². The first-order valence-corrected chi connectivity index (χ1v) is 11.9. The molecule has 0 saturated heterocycles. The molecule has 9 nitrogen and oxygen atoms in total. The minimum Gasteiger partial charge on any atom is -0.497 e. The SMILES string of the molecule is CCOC(=O)c1cc2n(n1)C[C@](C)(C(=O)NC1CCCCC1)N(Cc1ccc(OC)cc1)C2=O. The lowest BCUT2D eigenvalue weighted by Gasteiger charge is -2.44. The van der Waals surface area contributed by atoms with Gasteiger partial charge in [0.25, 0.3) is 5.91 Å². The number of aromatic nitrogens is 2. The molecule has 2 aromatic rings. The van der Waals surface area contributed by atoms with Gasteiger partial charge in [0.05, 0.1) is 20.3 Å². The van der Waals surface area contributed by atoms with Gasteiger partial charge in [-0.1, -0.05) is 31.4 Å². The van der Waals surface area contributed by atoms with Crippen molar-refractivity contribution in [1.29, 1.82) is 0 Å². The van der Waals surface area contributed by atoms with E-state index < -0.39 is 11.5 Å². The van der Waals surface area contributed by atoms with E-state index in [1.807, 2.05) is 24.3 Å². The summed E-state index contributed by atoms with van der Waals surface area (Å²) < 4.78 is 11.7. The predicted molar refractivity (Wildman–Crippen MR) is 124 cm³/mol. The second-order valence-electron chi connectivity index (χ2n) is 9.11. The van der Waals surface area contributed by atoms with Gasteiger partial charge in [-0.3, -0.25) is 14.3 Å². The number of carbonyl (C=O) groups excluding carboxylic acids is 3.